The zero-order valence-corrected chi connectivity index (χ0v) is 9.17. The second kappa shape index (κ2) is 4.40. The van der Waals surface area contributed by atoms with Crippen LogP contribution in [0.15, 0.2) is 12.1 Å². The van der Waals surface area contributed by atoms with Crippen molar-refractivity contribution in [1.82, 2.24) is 0 Å². The average molecular weight is 275 g/mol. The molecule has 0 radical (unpaired) electrons. The monoisotopic (exact) mass is 274 g/mol. The van der Waals surface area contributed by atoms with Crippen molar-refractivity contribution in [2.45, 2.75) is 5.33 Å². The minimum atomic E-state index is -0.552. The molecule has 0 amide bonds. The molecule has 1 rings (SSSR count). The summed E-state index contributed by atoms with van der Waals surface area (Å²) in [6.07, 6.45) is 0. The molecule has 0 saturated carbocycles. The van der Waals surface area contributed by atoms with Crippen LogP contribution in [-0.2, 0) is 5.33 Å². The topological polar surface area (TPSA) is 66.9 Å². The molecule has 1 aromatic rings. The van der Waals surface area contributed by atoms with E-state index >= 15 is 0 Å². The van der Waals surface area contributed by atoms with E-state index in [0.29, 0.717) is 5.56 Å². The van der Waals surface area contributed by atoms with E-state index in [1.54, 1.807) is 0 Å². The Bertz CT molecular complexity index is 428. The minimum Gasteiger partial charge on any atom is -0.258 e. The number of hydrogen-bond acceptors (Lipinski definition) is 3. The Morgan fingerprint density at radius 3 is 2.71 bits per heavy atom. The summed E-state index contributed by atoms with van der Waals surface area (Å²) in [4.78, 5) is 10.1. The molecule has 0 atom stereocenters. The van der Waals surface area contributed by atoms with Crippen LogP contribution in [0.3, 0.4) is 0 Å². The Labute approximate surface area is 93.4 Å². The van der Waals surface area contributed by atoms with Gasteiger partial charge < -0.3 is 0 Å². The molecule has 0 aliphatic heterocycles. The van der Waals surface area contributed by atoms with E-state index in [9.17, 15) is 10.1 Å². The van der Waals surface area contributed by atoms with Gasteiger partial charge in [0.1, 0.15) is 0 Å². The number of nitrogens with zero attached hydrogens (tertiary/aromatic N) is 2. The van der Waals surface area contributed by atoms with Crippen molar-refractivity contribution in [2.75, 3.05) is 0 Å². The number of rotatable bonds is 2. The molecule has 72 valence electrons. The third-order valence-corrected chi connectivity index (χ3v) is 2.42. The van der Waals surface area contributed by atoms with Crippen LogP contribution in [0.2, 0.25) is 5.02 Å². The predicted octanol–water partition coefficient (Wildman–Crippen LogP) is 3.01. The standard InChI is InChI=1S/C8H4BrClN2O2/c9-3-7-5(4-11)1-6(10)2-8(7)12(13)14/h1-2H,3H2. The van der Waals surface area contributed by atoms with Crippen molar-refractivity contribution in [3.05, 3.63) is 38.4 Å². The van der Waals surface area contributed by atoms with Crippen LogP contribution in [0.1, 0.15) is 11.1 Å². The first kappa shape index (κ1) is 11.0. The third kappa shape index (κ3) is 2.03. The summed E-state index contributed by atoms with van der Waals surface area (Å²) in [6, 6.07) is 4.51. The Kier molecular flexibility index (Phi) is 3.44. The van der Waals surface area contributed by atoms with Gasteiger partial charge in [-0.15, -0.1) is 0 Å². The lowest BCUT2D eigenvalue weighted by Gasteiger charge is -2.01. The molecule has 1 aromatic carbocycles. The van der Waals surface area contributed by atoms with Crippen LogP contribution in [0.4, 0.5) is 5.69 Å². The zero-order valence-electron chi connectivity index (χ0n) is 6.83. The van der Waals surface area contributed by atoms with Gasteiger partial charge in [0.2, 0.25) is 0 Å². The van der Waals surface area contributed by atoms with Gasteiger partial charge in [-0.25, -0.2) is 0 Å². The highest BCUT2D eigenvalue weighted by Crippen LogP contribution is 2.28. The average Bonchev–Trinajstić information content (AvgIpc) is 2.16. The van der Waals surface area contributed by atoms with Crippen LogP contribution in [0, 0.1) is 21.4 Å². The van der Waals surface area contributed by atoms with E-state index in [2.05, 4.69) is 15.9 Å². The van der Waals surface area contributed by atoms with Crippen molar-refractivity contribution >= 4 is 33.2 Å². The van der Waals surface area contributed by atoms with Gasteiger partial charge in [-0.05, 0) is 6.07 Å². The highest BCUT2D eigenvalue weighted by molar-refractivity contribution is 9.08. The highest BCUT2D eigenvalue weighted by Gasteiger charge is 2.17. The van der Waals surface area contributed by atoms with Crippen molar-refractivity contribution < 1.29 is 4.92 Å². The van der Waals surface area contributed by atoms with Gasteiger partial charge in [-0.2, -0.15) is 5.26 Å². The summed E-state index contributed by atoms with van der Waals surface area (Å²) < 4.78 is 0. The molecule has 0 aliphatic carbocycles. The molecule has 0 N–H and O–H groups in total. The fraction of sp³-hybridized carbons (Fsp3) is 0.125. The van der Waals surface area contributed by atoms with E-state index in [1.165, 1.54) is 12.1 Å². The van der Waals surface area contributed by atoms with E-state index in [4.69, 9.17) is 16.9 Å². The van der Waals surface area contributed by atoms with Gasteiger partial charge >= 0.3 is 0 Å². The molecule has 0 aliphatic rings. The second-order valence-corrected chi connectivity index (χ2v) is 3.45. The molecule has 0 heterocycles. The summed E-state index contributed by atoms with van der Waals surface area (Å²) >= 11 is 8.73. The third-order valence-electron chi connectivity index (χ3n) is 1.64. The van der Waals surface area contributed by atoms with Gasteiger partial charge in [0, 0.05) is 16.4 Å². The maximum atomic E-state index is 10.6. The molecule has 0 saturated heterocycles. The molecule has 0 fully saturated rings. The summed E-state index contributed by atoms with van der Waals surface area (Å²) in [5.41, 5.74) is 0.439. The summed E-state index contributed by atoms with van der Waals surface area (Å²) in [5, 5.41) is 19.8. The van der Waals surface area contributed by atoms with Gasteiger partial charge in [-0.3, -0.25) is 10.1 Å². The summed E-state index contributed by atoms with van der Waals surface area (Å²) in [5.74, 6) is 0. The number of benzene rings is 1. The highest BCUT2D eigenvalue weighted by atomic mass is 79.9. The van der Waals surface area contributed by atoms with E-state index in [0.717, 1.165) is 0 Å². The number of nitro benzene ring substituents is 1. The van der Waals surface area contributed by atoms with E-state index in [1.807, 2.05) is 6.07 Å². The molecule has 0 bridgehead atoms. The Balaban J connectivity index is 3.49. The second-order valence-electron chi connectivity index (χ2n) is 2.45. The van der Waals surface area contributed by atoms with E-state index < -0.39 is 4.92 Å². The Hall–Kier alpha value is -1.12. The normalized spacial score (nSPS) is 9.50. The lowest BCUT2D eigenvalue weighted by molar-refractivity contribution is -0.385. The van der Waals surface area contributed by atoms with Crippen LogP contribution >= 0.6 is 27.5 Å². The van der Waals surface area contributed by atoms with Crippen molar-refractivity contribution in [1.29, 1.82) is 5.26 Å². The quantitative estimate of drug-likeness (QED) is 0.473. The first-order valence-corrected chi connectivity index (χ1v) is 5.03. The minimum absolute atomic E-state index is 0.133. The fourth-order valence-electron chi connectivity index (χ4n) is 1.03. The number of nitro groups is 1. The first-order chi connectivity index (χ1) is 6.60. The molecule has 4 nitrogen and oxygen atoms in total. The maximum Gasteiger partial charge on any atom is 0.276 e. The van der Waals surface area contributed by atoms with Crippen LogP contribution in [0.25, 0.3) is 0 Å². The Morgan fingerprint density at radius 1 is 1.64 bits per heavy atom. The molecular formula is C8H4BrClN2O2. The van der Waals surface area contributed by atoms with Crippen molar-refractivity contribution in [3.8, 4) is 6.07 Å². The molecule has 14 heavy (non-hydrogen) atoms. The number of halogens is 2. The van der Waals surface area contributed by atoms with Gasteiger partial charge in [0.05, 0.1) is 22.1 Å². The molecule has 0 spiro atoms. The molecular weight excluding hydrogens is 271 g/mol. The zero-order chi connectivity index (χ0) is 10.7. The number of alkyl halides is 1. The maximum absolute atomic E-state index is 10.6. The summed E-state index contributed by atoms with van der Waals surface area (Å²) in [7, 11) is 0. The fourth-order valence-corrected chi connectivity index (χ4v) is 1.83. The molecule has 0 aromatic heterocycles. The van der Waals surface area contributed by atoms with E-state index in [-0.39, 0.29) is 21.6 Å². The van der Waals surface area contributed by atoms with Crippen LogP contribution in [-0.4, -0.2) is 4.92 Å². The predicted molar refractivity (Wildman–Crippen MR) is 55.5 cm³/mol. The summed E-state index contributed by atoms with van der Waals surface area (Å²) in [6.45, 7) is 0. The SMILES string of the molecule is N#Cc1cc(Cl)cc([N+](=O)[O-])c1CBr. The Morgan fingerprint density at radius 2 is 2.29 bits per heavy atom. The van der Waals surface area contributed by atoms with Crippen LogP contribution < -0.4 is 0 Å². The van der Waals surface area contributed by atoms with Crippen LogP contribution in [0.5, 0.6) is 0 Å². The van der Waals surface area contributed by atoms with Crippen molar-refractivity contribution in [3.63, 3.8) is 0 Å². The van der Waals surface area contributed by atoms with Gasteiger partial charge in [0.25, 0.3) is 5.69 Å². The largest absolute Gasteiger partial charge is 0.276 e. The molecule has 6 heteroatoms. The smallest absolute Gasteiger partial charge is 0.258 e. The number of hydrogen-bond donors (Lipinski definition) is 0. The lowest BCUT2D eigenvalue weighted by Crippen LogP contribution is -1.96. The molecule has 0 unspecified atom stereocenters. The van der Waals surface area contributed by atoms with Gasteiger partial charge in [0.15, 0.2) is 0 Å². The van der Waals surface area contributed by atoms with Gasteiger partial charge in [-0.1, -0.05) is 27.5 Å². The number of nitriles is 1. The van der Waals surface area contributed by atoms with Crippen molar-refractivity contribution in [2.24, 2.45) is 0 Å². The lowest BCUT2D eigenvalue weighted by atomic mass is 10.1. The first-order valence-electron chi connectivity index (χ1n) is 3.53.